The minimum atomic E-state index is -3.32. The smallest absolute Gasteiger partial charge is 0.425 e. The number of nitrogens with zero attached hydrogens (tertiary/aromatic N) is 8. The van der Waals surface area contributed by atoms with Crippen molar-refractivity contribution in [2.24, 2.45) is 0 Å². The molecule has 4 aromatic carbocycles. The van der Waals surface area contributed by atoms with Crippen LogP contribution >= 0.6 is 46.7 Å². The van der Waals surface area contributed by atoms with Crippen LogP contribution in [0.4, 0.5) is 13.6 Å². The Hall–Kier alpha value is -5.34. The third-order valence-corrected chi connectivity index (χ3v) is 30.2. The van der Waals surface area contributed by atoms with E-state index < -0.39 is 82.1 Å². The molecule has 23 heteroatoms. The number of rotatable bonds is 18. The van der Waals surface area contributed by atoms with Gasteiger partial charge in [0.15, 0.2) is 48.3 Å². The van der Waals surface area contributed by atoms with E-state index in [1.807, 2.05) is 72.8 Å². The van der Waals surface area contributed by atoms with Gasteiger partial charge in [-0.25, -0.2) is 33.5 Å². The molecule has 4 aromatic heterocycles. The van der Waals surface area contributed by atoms with Crippen LogP contribution in [0.15, 0.2) is 144 Å². The molecule has 0 amide bonds. The van der Waals surface area contributed by atoms with E-state index in [-0.39, 0.29) is 35.1 Å². The number of benzene rings is 4. The van der Waals surface area contributed by atoms with Gasteiger partial charge >= 0.3 is 6.16 Å². The van der Waals surface area contributed by atoms with E-state index in [1.165, 1.54) is 21.8 Å². The van der Waals surface area contributed by atoms with Crippen molar-refractivity contribution in [1.29, 1.82) is 0 Å². The average Bonchev–Trinajstić information content (AvgIpc) is 1.09. The molecule has 15 nitrogen and oxygen atoms in total. The highest BCUT2D eigenvalue weighted by atomic mass is 35.5. The number of alkyl halides is 2. The SMILES string of the molecule is CC(C)(C)[Si](OC[C@H]1O[C@@H](n2cnc3c(SC4CCCC4)nc(Cl)nc32)[C@@H](F)[C@@H]1OC(=O)O[C@H]1[C@H](F)[C@H](n2cnc3c(SC4CCCC4)nc(Cl)nc32)O[C@@H]1CO[Si](c1ccccc1)(c1ccccc1)C(C)(C)C)(c1ccccc1)c1ccccc1. The van der Waals surface area contributed by atoms with Crippen molar-refractivity contribution in [3.8, 4) is 0 Å². The van der Waals surface area contributed by atoms with Crippen LogP contribution < -0.4 is 20.7 Å². The number of hydrogen-bond donors (Lipinski definition) is 0. The molecule has 2 saturated heterocycles. The zero-order chi connectivity index (χ0) is 60.0. The van der Waals surface area contributed by atoms with Gasteiger partial charge < -0.3 is 27.8 Å². The van der Waals surface area contributed by atoms with Crippen molar-refractivity contribution in [3.05, 3.63) is 145 Å². The first-order valence-electron chi connectivity index (χ1n) is 29.5. The Morgan fingerprint density at radius 1 is 0.547 bits per heavy atom. The Kier molecular flexibility index (Phi) is 17.9. The summed E-state index contributed by atoms with van der Waals surface area (Å²) in [6.45, 7) is 12.3. The predicted molar refractivity (Wildman–Crippen MR) is 337 cm³/mol. The zero-order valence-electron chi connectivity index (χ0n) is 48.8. The van der Waals surface area contributed by atoms with E-state index >= 15 is 8.78 Å². The van der Waals surface area contributed by atoms with Gasteiger partial charge in [-0.15, -0.1) is 23.5 Å². The summed E-state index contributed by atoms with van der Waals surface area (Å²) in [6.07, 6.45) is -2.89. The number of carbonyl (C=O) groups excluding carboxylic acids is 1. The molecule has 8 aromatic rings. The molecule has 2 aliphatic heterocycles. The molecule has 4 fully saturated rings. The fraction of sp³-hybridized carbons (Fsp3) is 0.444. The lowest BCUT2D eigenvalue weighted by atomic mass is 10.1. The topological polar surface area (TPSA) is 160 Å². The Balaban J connectivity index is 0.905. The number of carbonyl (C=O) groups is 1. The highest BCUT2D eigenvalue weighted by Gasteiger charge is 2.57. The first-order valence-corrected chi connectivity index (χ1v) is 35.9. The highest BCUT2D eigenvalue weighted by Crippen LogP contribution is 2.45. The second kappa shape index (κ2) is 25.3. The minimum Gasteiger partial charge on any atom is -0.425 e. The molecular weight excluding hydrogens is 1210 g/mol. The van der Waals surface area contributed by atoms with Crippen molar-refractivity contribution in [2.45, 2.75) is 173 Å². The predicted octanol–water partition coefficient (Wildman–Crippen LogP) is 12.6. The molecule has 2 aliphatic carbocycles. The van der Waals surface area contributed by atoms with Gasteiger partial charge in [-0.2, -0.15) is 9.97 Å². The van der Waals surface area contributed by atoms with Crippen molar-refractivity contribution >= 4 is 113 Å². The van der Waals surface area contributed by atoms with Crippen LogP contribution in [-0.2, 0) is 27.8 Å². The van der Waals surface area contributed by atoms with Gasteiger partial charge in [0, 0.05) is 10.5 Å². The third kappa shape index (κ3) is 11.8. The summed E-state index contributed by atoms with van der Waals surface area (Å²) < 4.78 is 79.9. The van der Waals surface area contributed by atoms with E-state index in [0.29, 0.717) is 31.6 Å². The lowest BCUT2D eigenvalue weighted by Gasteiger charge is -2.43. The molecule has 6 heterocycles. The summed E-state index contributed by atoms with van der Waals surface area (Å²) in [6, 6.07) is 40.0. The fourth-order valence-electron chi connectivity index (χ4n) is 13.2. The first-order chi connectivity index (χ1) is 41.4. The zero-order valence-corrected chi connectivity index (χ0v) is 54.0. The van der Waals surface area contributed by atoms with E-state index in [9.17, 15) is 4.79 Å². The molecule has 0 unspecified atom stereocenters. The number of thioether (sulfide) groups is 2. The first kappa shape index (κ1) is 60.9. The lowest BCUT2D eigenvalue weighted by molar-refractivity contribution is -0.0744. The number of hydrogen-bond acceptors (Lipinski definition) is 15. The monoisotopic (exact) mass is 1280 g/mol. The maximum Gasteiger partial charge on any atom is 0.509 e. The third-order valence-electron chi connectivity index (χ3n) is 17.2. The molecule has 452 valence electrons. The van der Waals surface area contributed by atoms with Gasteiger partial charge in [0.1, 0.15) is 33.3 Å². The molecule has 12 rings (SSSR count). The van der Waals surface area contributed by atoms with Gasteiger partial charge in [0.25, 0.3) is 16.6 Å². The maximum atomic E-state index is 18.1. The van der Waals surface area contributed by atoms with Crippen molar-refractivity contribution in [1.82, 2.24) is 39.0 Å². The van der Waals surface area contributed by atoms with Gasteiger partial charge in [-0.05, 0) is 79.7 Å². The Morgan fingerprint density at radius 3 is 1.19 bits per heavy atom. The molecular formula is C63H70Cl2F2N8O7S2Si2. The molecule has 4 aliphatic rings. The Bertz CT molecular complexity index is 3330. The number of imidazole rings is 2. The number of halogens is 4. The lowest BCUT2D eigenvalue weighted by Crippen LogP contribution is -2.67. The molecule has 8 atom stereocenters. The Labute approximate surface area is 520 Å². The largest absolute Gasteiger partial charge is 0.509 e. The second-order valence-corrected chi connectivity index (χ2v) is 36.5. The van der Waals surface area contributed by atoms with E-state index in [4.69, 9.17) is 61.0 Å². The molecule has 86 heavy (non-hydrogen) atoms. The molecule has 0 spiro atoms. The minimum absolute atomic E-state index is 0.0370. The van der Waals surface area contributed by atoms with Gasteiger partial charge in [0.2, 0.25) is 10.6 Å². The summed E-state index contributed by atoms with van der Waals surface area (Å²) in [5.41, 5.74) is 1.36. The van der Waals surface area contributed by atoms with Gasteiger partial charge in [-0.3, -0.25) is 9.13 Å². The highest BCUT2D eigenvalue weighted by molar-refractivity contribution is 8.00. The van der Waals surface area contributed by atoms with Gasteiger partial charge in [-0.1, -0.05) is 189 Å². The summed E-state index contributed by atoms with van der Waals surface area (Å²) in [4.78, 5) is 42.7. The summed E-state index contributed by atoms with van der Waals surface area (Å²) in [5.74, 6) is 0. The van der Waals surface area contributed by atoms with Crippen LogP contribution in [0.5, 0.6) is 0 Å². The van der Waals surface area contributed by atoms with E-state index in [1.54, 1.807) is 23.5 Å². The second-order valence-electron chi connectivity index (χ2n) is 24.7. The van der Waals surface area contributed by atoms with Gasteiger partial charge in [0.05, 0.1) is 25.9 Å². The number of ether oxygens (including phenoxy) is 4. The Morgan fingerprint density at radius 2 is 0.872 bits per heavy atom. The summed E-state index contributed by atoms with van der Waals surface area (Å²) >= 11 is 16.4. The summed E-state index contributed by atoms with van der Waals surface area (Å²) in [7, 11) is -6.63. The van der Waals surface area contributed by atoms with Crippen molar-refractivity contribution < 1.29 is 41.4 Å². The van der Waals surface area contributed by atoms with E-state index in [0.717, 1.165) is 72.1 Å². The van der Waals surface area contributed by atoms with E-state index in [2.05, 4.69) is 110 Å². The van der Waals surface area contributed by atoms with Crippen molar-refractivity contribution in [3.63, 3.8) is 0 Å². The molecule has 0 N–H and O–H groups in total. The quantitative estimate of drug-likeness (QED) is 0.0345. The van der Waals surface area contributed by atoms with Crippen LogP contribution in [0, 0.1) is 0 Å². The average molecular weight is 1280 g/mol. The van der Waals surface area contributed by atoms with Crippen LogP contribution in [0.25, 0.3) is 22.3 Å². The van der Waals surface area contributed by atoms with Crippen LogP contribution in [-0.4, -0.2) is 122 Å². The maximum absolute atomic E-state index is 18.1. The molecule has 0 bridgehead atoms. The number of fused-ring (bicyclic) bond motifs is 2. The molecule has 2 saturated carbocycles. The summed E-state index contributed by atoms with van der Waals surface area (Å²) in [5, 5.41) is 4.62. The van der Waals surface area contributed by atoms with Crippen LogP contribution in [0.3, 0.4) is 0 Å². The van der Waals surface area contributed by atoms with Crippen molar-refractivity contribution in [2.75, 3.05) is 13.2 Å². The normalized spacial score (nSPS) is 23.5. The van der Waals surface area contributed by atoms with Crippen LogP contribution in [0.1, 0.15) is 105 Å². The fourth-order valence-corrected chi connectivity index (χ4v) is 25.3. The number of aromatic nitrogens is 8. The molecule has 0 radical (unpaired) electrons. The van der Waals surface area contributed by atoms with Crippen LogP contribution in [0.2, 0.25) is 20.6 Å². The standard InChI is InChI=1S/C63H70Cl2F2N8O7S2Si2/c1-62(2,3)85(41-27-11-7-12-28-41,42-29-13-8-14-30-42)77-35-45-51(47(66)57(79-45)74-37-68-49-53(74)70-59(64)72-55(49)83-39-23-19-20-24-39)81-61(76)82-52-46(36-78-86(63(4,5)6,43-31-15-9-16-32-43)44-33-17-10-18-34-44)80-58(48(52)67)75-38-69-50-54(75)71-60(65)73-56(50)84-40-25-21-22-26-40/h7-18,27-34,37-40,45-48,51-52,57-58H,19-26,35-36H2,1-6H3/t45-,46-,47+,48+,51-,52-,57-,58-/m1/s1.